The lowest BCUT2D eigenvalue weighted by Gasteiger charge is -2.29. The molecule has 1 atom stereocenters. The lowest BCUT2D eigenvalue weighted by atomic mass is 9.82. The normalized spacial score (nSPS) is 13.0. The first-order valence-electron chi connectivity index (χ1n) is 9.52. The van der Waals surface area contributed by atoms with Crippen molar-refractivity contribution in [1.29, 1.82) is 0 Å². The van der Waals surface area contributed by atoms with Gasteiger partial charge in [0, 0.05) is 12.8 Å². The maximum Gasteiger partial charge on any atom is 0.209 e. The monoisotopic (exact) mass is 344 g/mol. The molecule has 0 amide bonds. The van der Waals surface area contributed by atoms with Crippen molar-refractivity contribution in [2.75, 3.05) is 6.61 Å². The number of hydrogen-bond acceptors (Lipinski definition) is 5. The zero-order valence-electron chi connectivity index (χ0n) is 15.4. The molecule has 0 rings (SSSR count). The standard InChI is InChI=1S/C19H36O5/c1-3-5-7-9-11-13-16(21)19(24,18(23)15-20)17(22)14-12-10-8-6-4-2/h18,20,23-24H,3-15H2,1-2H3. The van der Waals surface area contributed by atoms with Gasteiger partial charge < -0.3 is 15.3 Å². The minimum absolute atomic E-state index is 0.0544. The number of hydrogen-bond donors (Lipinski definition) is 3. The van der Waals surface area contributed by atoms with Crippen LogP contribution in [0.15, 0.2) is 0 Å². The van der Waals surface area contributed by atoms with Crippen molar-refractivity contribution in [2.45, 2.75) is 103 Å². The third kappa shape index (κ3) is 7.86. The fourth-order valence-corrected chi connectivity index (χ4v) is 2.82. The lowest BCUT2D eigenvalue weighted by Crippen LogP contribution is -2.57. The highest BCUT2D eigenvalue weighted by Gasteiger charge is 2.48. The first kappa shape index (κ1) is 23.2. The number of aliphatic hydroxyl groups is 3. The summed E-state index contributed by atoms with van der Waals surface area (Å²) in [6, 6.07) is 0. The molecule has 0 aliphatic carbocycles. The van der Waals surface area contributed by atoms with E-state index in [2.05, 4.69) is 13.8 Å². The molecule has 5 heteroatoms. The van der Waals surface area contributed by atoms with E-state index >= 15 is 0 Å². The number of carbonyl (C=O) groups is 2. The molecule has 24 heavy (non-hydrogen) atoms. The van der Waals surface area contributed by atoms with E-state index in [0.29, 0.717) is 12.8 Å². The highest BCUT2D eigenvalue weighted by Crippen LogP contribution is 2.21. The van der Waals surface area contributed by atoms with E-state index in [1.165, 1.54) is 0 Å². The summed E-state index contributed by atoms with van der Waals surface area (Å²) in [7, 11) is 0. The van der Waals surface area contributed by atoms with Gasteiger partial charge in [0.1, 0.15) is 6.10 Å². The zero-order chi connectivity index (χ0) is 18.4. The van der Waals surface area contributed by atoms with Gasteiger partial charge in [0.15, 0.2) is 11.6 Å². The van der Waals surface area contributed by atoms with E-state index in [9.17, 15) is 19.8 Å². The van der Waals surface area contributed by atoms with Crippen LogP contribution in [-0.4, -0.2) is 45.2 Å². The topological polar surface area (TPSA) is 94.8 Å². The largest absolute Gasteiger partial charge is 0.394 e. The fraction of sp³-hybridized carbons (Fsp3) is 0.895. The Morgan fingerprint density at radius 3 is 1.50 bits per heavy atom. The summed E-state index contributed by atoms with van der Waals surface area (Å²) in [6.45, 7) is 3.39. The average molecular weight is 344 g/mol. The first-order chi connectivity index (χ1) is 11.4. The number of Topliss-reactive ketones (excluding diaryl/α,β-unsaturated/α-hetero) is 2. The van der Waals surface area contributed by atoms with Crippen LogP contribution in [0.1, 0.15) is 90.9 Å². The van der Waals surface area contributed by atoms with Crippen LogP contribution in [0.5, 0.6) is 0 Å². The molecular formula is C19H36O5. The van der Waals surface area contributed by atoms with Gasteiger partial charge in [-0.2, -0.15) is 0 Å². The number of rotatable bonds is 16. The fourth-order valence-electron chi connectivity index (χ4n) is 2.82. The van der Waals surface area contributed by atoms with E-state index < -0.39 is 29.9 Å². The van der Waals surface area contributed by atoms with Crippen LogP contribution in [-0.2, 0) is 9.59 Å². The Morgan fingerprint density at radius 1 is 0.792 bits per heavy atom. The van der Waals surface area contributed by atoms with Gasteiger partial charge in [0.2, 0.25) is 5.60 Å². The first-order valence-corrected chi connectivity index (χ1v) is 9.52. The van der Waals surface area contributed by atoms with Crippen LogP contribution in [0.25, 0.3) is 0 Å². The summed E-state index contributed by atoms with van der Waals surface area (Å²) in [6.07, 6.45) is 7.64. The van der Waals surface area contributed by atoms with Crippen LogP contribution in [0.3, 0.4) is 0 Å². The van der Waals surface area contributed by atoms with E-state index in [0.717, 1.165) is 51.4 Å². The van der Waals surface area contributed by atoms with E-state index in [1.807, 2.05) is 0 Å². The van der Waals surface area contributed by atoms with Crippen molar-refractivity contribution in [3.8, 4) is 0 Å². The zero-order valence-corrected chi connectivity index (χ0v) is 15.4. The van der Waals surface area contributed by atoms with Crippen molar-refractivity contribution in [3.63, 3.8) is 0 Å². The van der Waals surface area contributed by atoms with Gasteiger partial charge in [0.05, 0.1) is 6.61 Å². The van der Waals surface area contributed by atoms with Crippen molar-refractivity contribution in [2.24, 2.45) is 0 Å². The Hall–Kier alpha value is -0.780. The van der Waals surface area contributed by atoms with Crippen molar-refractivity contribution in [3.05, 3.63) is 0 Å². The molecule has 0 spiro atoms. The predicted octanol–water partition coefficient (Wildman–Crippen LogP) is 2.93. The van der Waals surface area contributed by atoms with Gasteiger partial charge >= 0.3 is 0 Å². The van der Waals surface area contributed by atoms with Gasteiger partial charge in [-0.15, -0.1) is 0 Å². The Bertz CT molecular complexity index is 328. The summed E-state index contributed by atoms with van der Waals surface area (Å²) < 4.78 is 0. The molecule has 0 aromatic rings. The molecular weight excluding hydrogens is 308 g/mol. The van der Waals surface area contributed by atoms with Crippen molar-refractivity contribution in [1.82, 2.24) is 0 Å². The highest BCUT2D eigenvalue weighted by molar-refractivity contribution is 6.10. The van der Waals surface area contributed by atoms with Gasteiger partial charge in [-0.3, -0.25) is 9.59 Å². The molecule has 142 valence electrons. The second-order valence-corrected chi connectivity index (χ2v) is 6.64. The molecule has 0 aromatic carbocycles. The lowest BCUT2D eigenvalue weighted by molar-refractivity contribution is -0.166. The Balaban J connectivity index is 4.57. The van der Waals surface area contributed by atoms with Gasteiger partial charge in [-0.25, -0.2) is 0 Å². The number of ketones is 2. The van der Waals surface area contributed by atoms with Gasteiger partial charge in [-0.1, -0.05) is 65.2 Å². The molecule has 3 N–H and O–H groups in total. The number of aliphatic hydroxyl groups excluding tert-OH is 2. The summed E-state index contributed by atoms with van der Waals surface area (Å²) in [5.41, 5.74) is -2.45. The van der Waals surface area contributed by atoms with Crippen LogP contribution in [0.4, 0.5) is 0 Å². The summed E-state index contributed by atoms with van der Waals surface area (Å²) >= 11 is 0. The minimum Gasteiger partial charge on any atom is -0.394 e. The second kappa shape index (κ2) is 13.5. The van der Waals surface area contributed by atoms with E-state index in [1.54, 1.807) is 0 Å². The summed E-state index contributed by atoms with van der Waals surface area (Å²) in [5.74, 6) is -1.33. The molecule has 0 aromatic heterocycles. The van der Waals surface area contributed by atoms with Crippen LogP contribution in [0.2, 0.25) is 0 Å². The molecule has 0 radical (unpaired) electrons. The average Bonchev–Trinajstić information content (AvgIpc) is 2.59. The molecule has 0 fully saturated rings. The van der Waals surface area contributed by atoms with Crippen LogP contribution in [0, 0.1) is 0 Å². The SMILES string of the molecule is CCCCCCCC(=O)C(O)(C(=O)CCCCCCC)C(O)CO. The predicted molar refractivity (Wildman–Crippen MR) is 94.8 cm³/mol. The molecule has 0 heterocycles. The summed E-state index contributed by atoms with van der Waals surface area (Å²) in [5, 5.41) is 29.5. The Labute approximate surface area is 146 Å². The third-order valence-corrected chi connectivity index (χ3v) is 4.52. The molecule has 5 nitrogen and oxygen atoms in total. The van der Waals surface area contributed by atoms with Crippen LogP contribution >= 0.6 is 0 Å². The van der Waals surface area contributed by atoms with E-state index in [4.69, 9.17) is 5.11 Å². The van der Waals surface area contributed by atoms with Gasteiger partial charge in [0.25, 0.3) is 0 Å². The Morgan fingerprint density at radius 2 is 1.17 bits per heavy atom. The quantitative estimate of drug-likeness (QED) is 0.296. The van der Waals surface area contributed by atoms with E-state index in [-0.39, 0.29) is 12.8 Å². The molecule has 0 bridgehead atoms. The smallest absolute Gasteiger partial charge is 0.209 e. The number of unbranched alkanes of at least 4 members (excludes halogenated alkanes) is 8. The molecule has 0 saturated carbocycles. The molecule has 0 aliphatic heterocycles. The summed E-state index contributed by atoms with van der Waals surface area (Å²) in [4.78, 5) is 24.7. The molecule has 1 unspecified atom stereocenters. The van der Waals surface area contributed by atoms with Crippen molar-refractivity contribution >= 4 is 11.6 Å². The highest BCUT2D eigenvalue weighted by atomic mass is 16.4. The van der Waals surface area contributed by atoms with Crippen molar-refractivity contribution < 1.29 is 24.9 Å². The van der Waals surface area contributed by atoms with Gasteiger partial charge in [-0.05, 0) is 12.8 Å². The number of carbonyl (C=O) groups excluding carboxylic acids is 2. The minimum atomic E-state index is -2.45. The molecule has 0 saturated heterocycles. The second-order valence-electron chi connectivity index (χ2n) is 6.64. The third-order valence-electron chi connectivity index (χ3n) is 4.52. The maximum atomic E-state index is 12.3. The maximum absolute atomic E-state index is 12.3. The molecule has 0 aliphatic rings. The van der Waals surface area contributed by atoms with Crippen LogP contribution < -0.4 is 0 Å². The Kier molecular flexibility index (Phi) is 13.1.